The number of nitrogens with zero attached hydrogens (tertiary/aromatic N) is 3. The van der Waals surface area contributed by atoms with E-state index in [2.05, 4.69) is 10.2 Å². The first-order valence-electron chi connectivity index (χ1n) is 6.67. The number of anilines is 1. The van der Waals surface area contributed by atoms with Gasteiger partial charge in [0.25, 0.3) is 0 Å². The number of thioether (sulfide) groups is 1. The van der Waals surface area contributed by atoms with Crippen LogP contribution in [-0.4, -0.2) is 51.1 Å². The van der Waals surface area contributed by atoms with Crippen molar-refractivity contribution in [3.63, 3.8) is 0 Å². The lowest BCUT2D eigenvalue weighted by Crippen LogP contribution is -2.35. The molecule has 1 heterocycles. The molecular formula is C12H20N4O2S2. The molecule has 0 aliphatic heterocycles. The minimum Gasteiger partial charge on any atom is -0.390 e. The number of aromatic nitrogens is 2. The van der Waals surface area contributed by atoms with Gasteiger partial charge in [-0.3, -0.25) is 4.79 Å². The fourth-order valence-corrected chi connectivity index (χ4v) is 3.87. The standard InChI is InChI=1S/C12H20N4O2S2/c1-16(7-6-12(18)4-2-3-5-12)9(17)8-19-11-15-14-10(13)20-11/h18H,2-8H2,1H3,(H2,13,14). The minimum absolute atomic E-state index is 0.0327. The van der Waals surface area contributed by atoms with E-state index in [1.165, 1.54) is 23.1 Å². The van der Waals surface area contributed by atoms with Gasteiger partial charge in [-0.2, -0.15) is 0 Å². The molecule has 0 atom stereocenters. The summed E-state index contributed by atoms with van der Waals surface area (Å²) in [7, 11) is 1.77. The van der Waals surface area contributed by atoms with E-state index < -0.39 is 5.60 Å². The summed E-state index contributed by atoms with van der Waals surface area (Å²) in [5.74, 6) is 0.356. The Morgan fingerprint density at radius 1 is 1.50 bits per heavy atom. The second kappa shape index (κ2) is 6.73. The van der Waals surface area contributed by atoms with Crippen LogP contribution in [0.15, 0.2) is 4.34 Å². The minimum atomic E-state index is -0.560. The maximum Gasteiger partial charge on any atom is 0.232 e. The van der Waals surface area contributed by atoms with E-state index in [-0.39, 0.29) is 5.91 Å². The van der Waals surface area contributed by atoms with Gasteiger partial charge in [0.1, 0.15) is 0 Å². The monoisotopic (exact) mass is 316 g/mol. The first kappa shape index (κ1) is 15.5. The zero-order valence-corrected chi connectivity index (χ0v) is 13.2. The van der Waals surface area contributed by atoms with Gasteiger partial charge in [-0.25, -0.2) is 0 Å². The lowest BCUT2D eigenvalue weighted by molar-refractivity contribution is -0.127. The molecule has 1 aliphatic rings. The Morgan fingerprint density at radius 3 is 2.80 bits per heavy atom. The van der Waals surface area contributed by atoms with Gasteiger partial charge in [0.15, 0.2) is 4.34 Å². The summed E-state index contributed by atoms with van der Waals surface area (Å²) in [4.78, 5) is 13.7. The molecule has 1 saturated carbocycles. The summed E-state index contributed by atoms with van der Waals surface area (Å²) < 4.78 is 0.707. The van der Waals surface area contributed by atoms with Crippen molar-refractivity contribution in [2.75, 3.05) is 25.1 Å². The van der Waals surface area contributed by atoms with Crippen LogP contribution in [0.4, 0.5) is 5.13 Å². The second-order valence-electron chi connectivity index (χ2n) is 5.19. The van der Waals surface area contributed by atoms with Gasteiger partial charge >= 0.3 is 0 Å². The Hall–Kier alpha value is -0.860. The highest BCUT2D eigenvalue weighted by molar-refractivity contribution is 8.01. The highest BCUT2D eigenvalue weighted by Crippen LogP contribution is 2.32. The summed E-state index contributed by atoms with van der Waals surface area (Å²) >= 11 is 2.63. The van der Waals surface area contributed by atoms with Gasteiger partial charge in [0, 0.05) is 13.6 Å². The van der Waals surface area contributed by atoms with Gasteiger partial charge in [-0.15, -0.1) is 10.2 Å². The predicted molar refractivity (Wildman–Crippen MR) is 80.7 cm³/mol. The molecule has 1 aromatic rings. The van der Waals surface area contributed by atoms with E-state index in [0.717, 1.165) is 25.7 Å². The van der Waals surface area contributed by atoms with Crippen molar-refractivity contribution in [1.82, 2.24) is 15.1 Å². The maximum absolute atomic E-state index is 12.0. The molecule has 0 aromatic carbocycles. The van der Waals surface area contributed by atoms with Crippen LogP contribution in [0, 0.1) is 0 Å². The van der Waals surface area contributed by atoms with E-state index >= 15 is 0 Å². The Morgan fingerprint density at radius 2 is 2.20 bits per heavy atom. The summed E-state index contributed by atoms with van der Waals surface area (Å²) in [6, 6.07) is 0. The third-order valence-corrected chi connectivity index (χ3v) is 5.48. The van der Waals surface area contributed by atoms with Crippen LogP contribution in [0.1, 0.15) is 32.1 Å². The van der Waals surface area contributed by atoms with Crippen LogP contribution in [0.2, 0.25) is 0 Å². The van der Waals surface area contributed by atoms with Gasteiger partial charge in [-0.05, 0) is 19.3 Å². The van der Waals surface area contributed by atoms with Crippen LogP contribution in [0.3, 0.4) is 0 Å². The fraction of sp³-hybridized carbons (Fsp3) is 0.750. The molecule has 1 aromatic heterocycles. The Labute approximate surface area is 126 Å². The molecule has 1 amide bonds. The maximum atomic E-state index is 12.0. The molecule has 1 aliphatic carbocycles. The number of nitrogens with two attached hydrogens (primary N) is 1. The quantitative estimate of drug-likeness (QED) is 0.770. The molecule has 3 N–H and O–H groups in total. The molecule has 6 nitrogen and oxygen atoms in total. The van der Waals surface area contributed by atoms with Gasteiger partial charge in [0.2, 0.25) is 11.0 Å². The normalized spacial score (nSPS) is 17.3. The predicted octanol–water partition coefficient (Wildman–Crippen LogP) is 1.37. The fourth-order valence-electron chi connectivity index (χ4n) is 2.30. The number of aliphatic hydroxyl groups is 1. The van der Waals surface area contributed by atoms with Gasteiger partial charge in [-0.1, -0.05) is 35.9 Å². The lowest BCUT2D eigenvalue weighted by Gasteiger charge is -2.25. The largest absolute Gasteiger partial charge is 0.390 e. The van der Waals surface area contributed by atoms with Gasteiger partial charge < -0.3 is 15.7 Å². The van der Waals surface area contributed by atoms with E-state index in [0.29, 0.717) is 28.2 Å². The molecule has 0 saturated heterocycles. The Balaban J connectivity index is 1.71. The molecule has 20 heavy (non-hydrogen) atoms. The summed E-state index contributed by atoms with van der Waals surface area (Å²) in [6.07, 6.45) is 4.54. The molecule has 8 heteroatoms. The Kier molecular flexibility index (Phi) is 5.22. The van der Waals surface area contributed by atoms with Gasteiger partial charge in [0.05, 0.1) is 11.4 Å². The van der Waals surface area contributed by atoms with Crippen LogP contribution in [0.25, 0.3) is 0 Å². The molecule has 0 unspecified atom stereocenters. The van der Waals surface area contributed by atoms with Crippen molar-refractivity contribution in [3.05, 3.63) is 0 Å². The first-order valence-corrected chi connectivity index (χ1v) is 8.47. The lowest BCUT2D eigenvalue weighted by atomic mass is 9.98. The zero-order chi connectivity index (χ0) is 14.6. The summed E-state index contributed by atoms with van der Waals surface area (Å²) in [6.45, 7) is 0.591. The third kappa shape index (κ3) is 4.32. The number of carbonyl (C=O) groups is 1. The number of rotatable bonds is 6. The number of nitrogen functional groups attached to an aromatic ring is 1. The summed E-state index contributed by atoms with van der Waals surface area (Å²) in [5.41, 5.74) is 4.93. The van der Waals surface area contributed by atoms with E-state index in [1.807, 2.05) is 0 Å². The number of carbonyl (C=O) groups excluding carboxylic acids is 1. The topological polar surface area (TPSA) is 92.3 Å². The van der Waals surface area contributed by atoms with E-state index in [9.17, 15) is 9.90 Å². The zero-order valence-electron chi connectivity index (χ0n) is 11.5. The molecule has 0 radical (unpaired) electrons. The van der Waals surface area contributed by atoms with Crippen molar-refractivity contribution in [1.29, 1.82) is 0 Å². The van der Waals surface area contributed by atoms with Crippen molar-refractivity contribution >= 4 is 34.1 Å². The third-order valence-electron chi connectivity index (χ3n) is 3.61. The van der Waals surface area contributed by atoms with Crippen molar-refractivity contribution < 1.29 is 9.90 Å². The second-order valence-corrected chi connectivity index (χ2v) is 7.42. The smallest absolute Gasteiger partial charge is 0.232 e. The van der Waals surface area contributed by atoms with Crippen LogP contribution in [0.5, 0.6) is 0 Å². The number of hydrogen-bond donors (Lipinski definition) is 2. The summed E-state index contributed by atoms with van der Waals surface area (Å²) in [5, 5.41) is 18.2. The molecule has 0 spiro atoms. The molecule has 112 valence electrons. The van der Waals surface area contributed by atoms with Crippen molar-refractivity contribution in [3.8, 4) is 0 Å². The van der Waals surface area contributed by atoms with Crippen molar-refractivity contribution in [2.24, 2.45) is 0 Å². The van der Waals surface area contributed by atoms with Crippen LogP contribution in [-0.2, 0) is 4.79 Å². The van der Waals surface area contributed by atoms with Crippen molar-refractivity contribution in [2.45, 2.75) is 42.0 Å². The molecule has 1 fully saturated rings. The molecule has 2 rings (SSSR count). The SMILES string of the molecule is CN(CCC1(O)CCCC1)C(=O)CSc1nnc(N)s1. The average molecular weight is 316 g/mol. The van der Waals surface area contributed by atoms with E-state index in [1.54, 1.807) is 11.9 Å². The number of amides is 1. The van der Waals surface area contributed by atoms with Crippen LogP contribution < -0.4 is 5.73 Å². The number of hydrogen-bond acceptors (Lipinski definition) is 7. The molecular weight excluding hydrogens is 296 g/mol. The highest BCUT2D eigenvalue weighted by Gasteiger charge is 2.31. The van der Waals surface area contributed by atoms with Crippen LogP contribution >= 0.6 is 23.1 Å². The van der Waals surface area contributed by atoms with E-state index in [4.69, 9.17) is 5.73 Å². The highest BCUT2D eigenvalue weighted by atomic mass is 32.2. The Bertz CT molecular complexity index is 460. The first-order chi connectivity index (χ1) is 9.48. The average Bonchev–Trinajstić information content (AvgIpc) is 3.03. The molecule has 0 bridgehead atoms.